The van der Waals surface area contributed by atoms with Gasteiger partial charge in [-0.3, -0.25) is 4.98 Å². The lowest BCUT2D eigenvalue weighted by Gasteiger charge is -2.33. The van der Waals surface area contributed by atoms with Crippen molar-refractivity contribution in [1.82, 2.24) is 15.3 Å². The van der Waals surface area contributed by atoms with Crippen molar-refractivity contribution < 1.29 is 0 Å². The summed E-state index contributed by atoms with van der Waals surface area (Å²) in [4.78, 5) is 11.4. The summed E-state index contributed by atoms with van der Waals surface area (Å²) in [6.07, 6.45) is 3.82. The molecular formula is C14H24N4S. The van der Waals surface area contributed by atoms with E-state index in [2.05, 4.69) is 41.0 Å². The molecule has 2 rings (SSSR count). The Labute approximate surface area is 120 Å². The second kappa shape index (κ2) is 7.10. The molecule has 0 bridgehead atoms. The average Bonchev–Trinajstić information content (AvgIpc) is 2.40. The summed E-state index contributed by atoms with van der Waals surface area (Å²) in [6.45, 7) is 9.56. The second-order valence-electron chi connectivity index (χ2n) is 5.51. The van der Waals surface area contributed by atoms with Crippen molar-refractivity contribution in [3.63, 3.8) is 0 Å². The molecule has 1 fully saturated rings. The molecule has 106 valence electrons. The quantitative estimate of drug-likeness (QED) is 0.895. The van der Waals surface area contributed by atoms with Crippen molar-refractivity contribution in [1.29, 1.82) is 0 Å². The van der Waals surface area contributed by atoms with E-state index in [1.807, 2.05) is 24.2 Å². The van der Waals surface area contributed by atoms with Gasteiger partial charge in [-0.2, -0.15) is 11.8 Å². The first-order chi connectivity index (χ1) is 9.16. The molecule has 1 atom stereocenters. The Balaban J connectivity index is 1.90. The third-order valence-electron chi connectivity index (χ3n) is 3.21. The molecule has 0 radical (unpaired) electrons. The van der Waals surface area contributed by atoms with E-state index in [4.69, 9.17) is 0 Å². The van der Waals surface area contributed by atoms with Gasteiger partial charge in [0.15, 0.2) is 0 Å². The topological polar surface area (TPSA) is 41.1 Å². The first-order valence-electron chi connectivity index (χ1n) is 7.03. The largest absolute Gasteiger partial charge is 0.351 e. The molecule has 0 spiro atoms. The molecular weight excluding hydrogens is 256 g/mol. The molecule has 1 aromatic rings. The van der Waals surface area contributed by atoms with Gasteiger partial charge in [0.05, 0.1) is 18.1 Å². The van der Waals surface area contributed by atoms with E-state index >= 15 is 0 Å². The minimum atomic E-state index is 0.554. The highest BCUT2D eigenvalue weighted by Crippen LogP contribution is 2.21. The lowest BCUT2D eigenvalue weighted by atomic mass is 10.2. The van der Waals surface area contributed by atoms with Crippen LogP contribution < -0.4 is 10.2 Å². The maximum atomic E-state index is 4.56. The minimum Gasteiger partial charge on any atom is -0.351 e. The molecule has 1 aliphatic heterocycles. The molecule has 5 heteroatoms. The molecule has 0 aliphatic carbocycles. The van der Waals surface area contributed by atoms with Gasteiger partial charge in [-0.15, -0.1) is 0 Å². The third kappa shape index (κ3) is 4.35. The van der Waals surface area contributed by atoms with E-state index in [1.165, 1.54) is 11.5 Å². The van der Waals surface area contributed by atoms with Gasteiger partial charge in [0.1, 0.15) is 5.82 Å². The van der Waals surface area contributed by atoms with E-state index in [1.54, 1.807) is 0 Å². The zero-order valence-electron chi connectivity index (χ0n) is 12.1. The lowest BCUT2D eigenvalue weighted by Crippen LogP contribution is -2.41. The highest BCUT2D eigenvalue weighted by atomic mass is 32.2. The van der Waals surface area contributed by atoms with Crippen molar-refractivity contribution >= 4 is 17.6 Å². The average molecular weight is 280 g/mol. The van der Waals surface area contributed by atoms with Crippen molar-refractivity contribution in [3.05, 3.63) is 18.1 Å². The van der Waals surface area contributed by atoms with Gasteiger partial charge in [-0.05, 0) is 19.4 Å². The van der Waals surface area contributed by atoms with Gasteiger partial charge in [0.25, 0.3) is 0 Å². The maximum Gasteiger partial charge on any atom is 0.147 e. The number of anilines is 1. The Kier molecular flexibility index (Phi) is 5.45. The Hall–Kier alpha value is -0.810. The summed E-state index contributed by atoms with van der Waals surface area (Å²) < 4.78 is 0. The van der Waals surface area contributed by atoms with Gasteiger partial charge in [-0.25, -0.2) is 4.98 Å². The molecule has 4 nitrogen and oxygen atoms in total. The first kappa shape index (κ1) is 14.6. The number of aromatic nitrogens is 2. The Morgan fingerprint density at radius 2 is 2.26 bits per heavy atom. The van der Waals surface area contributed by atoms with E-state index in [9.17, 15) is 0 Å². The molecule has 1 aromatic heterocycles. The zero-order chi connectivity index (χ0) is 13.7. The van der Waals surface area contributed by atoms with Crippen LogP contribution in [-0.2, 0) is 6.54 Å². The highest BCUT2D eigenvalue weighted by molar-refractivity contribution is 7.99. The van der Waals surface area contributed by atoms with Crippen LogP contribution in [0.1, 0.15) is 26.5 Å². The fourth-order valence-corrected chi connectivity index (χ4v) is 3.16. The number of thioether (sulfide) groups is 1. The van der Waals surface area contributed by atoms with Crippen LogP contribution in [0.5, 0.6) is 0 Å². The van der Waals surface area contributed by atoms with Crippen LogP contribution in [0.2, 0.25) is 0 Å². The van der Waals surface area contributed by atoms with Gasteiger partial charge >= 0.3 is 0 Å². The normalized spacial score (nSPS) is 20.0. The fourth-order valence-electron chi connectivity index (χ4n) is 2.14. The Morgan fingerprint density at radius 1 is 1.42 bits per heavy atom. The van der Waals surface area contributed by atoms with Gasteiger partial charge in [0.2, 0.25) is 0 Å². The van der Waals surface area contributed by atoms with Crippen LogP contribution in [0.3, 0.4) is 0 Å². The highest BCUT2D eigenvalue weighted by Gasteiger charge is 2.19. The summed E-state index contributed by atoms with van der Waals surface area (Å²) in [7, 11) is 0. The molecule has 19 heavy (non-hydrogen) atoms. The summed E-state index contributed by atoms with van der Waals surface area (Å²) in [5, 5.41) is 3.39. The first-order valence-corrected chi connectivity index (χ1v) is 8.18. The number of rotatable bonds is 5. The summed E-state index contributed by atoms with van der Waals surface area (Å²) >= 11 is 2.02. The Morgan fingerprint density at radius 3 is 2.89 bits per heavy atom. The van der Waals surface area contributed by atoms with E-state index in [0.29, 0.717) is 12.0 Å². The van der Waals surface area contributed by atoms with Gasteiger partial charge < -0.3 is 10.2 Å². The minimum absolute atomic E-state index is 0.554. The smallest absolute Gasteiger partial charge is 0.147 e. The molecule has 0 aromatic carbocycles. The van der Waals surface area contributed by atoms with Crippen LogP contribution in [0.4, 0.5) is 5.82 Å². The van der Waals surface area contributed by atoms with Crippen LogP contribution in [0, 0.1) is 5.92 Å². The number of nitrogens with one attached hydrogen (secondary N) is 1. The molecule has 2 heterocycles. The molecule has 0 amide bonds. The van der Waals surface area contributed by atoms with E-state index in [0.717, 1.165) is 31.1 Å². The lowest BCUT2D eigenvalue weighted by molar-refractivity contribution is 0.547. The van der Waals surface area contributed by atoms with Crippen LogP contribution in [0.15, 0.2) is 12.4 Å². The Bertz CT molecular complexity index is 380. The van der Waals surface area contributed by atoms with E-state index < -0.39 is 0 Å². The van der Waals surface area contributed by atoms with Crippen molar-refractivity contribution in [2.24, 2.45) is 5.92 Å². The zero-order valence-corrected chi connectivity index (χ0v) is 12.9. The summed E-state index contributed by atoms with van der Waals surface area (Å²) in [5.74, 6) is 4.04. The van der Waals surface area contributed by atoms with Crippen molar-refractivity contribution in [2.45, 2.75) is 33.4 Å². The van der Waals surface area contributed by atoms with Crippen molar-refractivity contribution in [3.8, 4) is 0 Å². The summed E-state index contributed by atoms with van der Waals surface area (Å²) in [5.41, 5.74) is 1.02. The van der Waals surface area contributed by atoms with Crippen molar-refractivity contribution in [2.75, 3.05) is 29.5 Å². The predicted octanol–water partition coefficient (Wildman–Crippen LogP) is 2.16. The standard InChI is InChI=1S/C14H24N4S/c1-11(2)6-15-7-13-8-17-14(9-16-13)18-4-5-19-10-12(18)3/h8-9,11-12,15H,4-7,10H2,1-3H3. The summed E-state index contributed by atoms with van der Waals surface area (Å²) in [6, 6.07) is 0.554. The fraction of sp³-hybridized carbons (Fsp3) is 0.714. The third-order valence-corrected chi connectivity index (χ3v) is 4.40. The van der Waals surface area contributed by atoms with Crippen LogP contribution in [-0.4, -0.2) is 40.6 Å². The molecule has 0 saturated carbocycles. The monoisotopic (exact) mass is 280 g/mol. The molecule has 1 aliphatic rings. The number of hydrogen-bond acceptors (Lipinski definition) is 5. The predicted molar refractivity (Wildman–Crippen MR) is 82.7 cm³/mol. The van der Waals surface area contributed by atoms with Crippen LogP contribution >= 0.6 is 11.8 Å². The van der Waals surface area contributed by atoms with Gasteiger partial charge in [0, 0.05) is 30.6 Å². The number of hydrogen-bond donors (Lipinski definition) is 1. The second-order valence-corrected chi connectivity index (χ2v) is 6.66. The van der Waals surface area contributed by atoms with E-state index in [-0.39, 0.29) is 0 Å². The molecule has 1 unspecified atom stereocenters. The van der Waals surface area contributed by atoms with Crippen LogP contribution in [0.25, 0.3) is 0 Å². The molecule has 1 saturated heterocycles. The number of nitrogens with zero attached hydrogens (tertiary/aromatic N) is 3. The molecule has 1 N–H and O–H groups in total. The van der Waals surface area contributed by atoms with Gasteiger partial charge in [-0.1, -0.05) is 13.8 Å². The maximum absolute atomic E-state index is 4.56. The SMILES string of the molecule is CC(C)CNCc1cnc(N2CCSCC2C)cn1.